The molecule has 7 heteroatoms. The lowest BCUT2D eigenvalue weighted by atomic mass is 9.96. The molecule has 0 saturated heterocycles. The molecule has 1 N–H and O–H groups in total. The van der Waals surface area contributed by atoms with Crippen molar-refractivity contribution in [1.82, 2.24) is 15.6 Å². The van der Waals surface area contributed by atoms with Gasteiger partial charge in [0, 0.05) is 18.5 Å². The molecule has 2 heterocycles. The number of nitrogens with one attached hydrogen (secondary N) is 1. The van der Waals surface area contributed by atoms with E-state index in [1.165, 1.54) is 0 Å². The SMILES string of the molecule is COc1ccc2c(c1)OC[C@@H](CNC(=O)c1nonc1C)C2. The van der Waals surface area contributed by atoms with Crippen LogP contribution in [0.4, 0.5) is 0 Å². The van der Waals surface area contributed by atoms with E-state index >= 15 is 0 Å². The first-order chi connectivity index (χ1) is 10.7. The fourth-order valence-electron chi connectivity index (χ4n) is 2.43. The van der Waals surface area contributed by atoms with Gasteiger partial charge < -0.3 is 14.8 Å². The summed E-state index contributed by atoms with van der Waals surface area (Å²) in [6.45, 7) is 2.74. The summed E-state index contributed by atoms with van der Waals surface area (Å²) in [6, 6.07) is 5.79. The minimum absolute atomic E-state index is 0.213. The lowest BCUT2D eigenvalue weighted by Crippen LogP contribution is -2.35. The molecule has 116 valence electrons. The quantitative estimate of drug-likeness (QED) is 0.918. The van der Waals surface area contributed by atoms with Crippen LogP contribution in [0, 0.1) is 12.8 Å². The molecule has 3 rings (SSSR count). The van der Waals surface area contributed by atoms with Crippen molar-refractivity contribution in [2.45, 2.75) is 13.3 Å². The zero-order chi connectivity index (χ0) is 15.5. The van der Waals surface area contributed by atoms with Gasteiger partial charge in [0.15, 0.2) is 5.69 Å². The highest BCUT2D eigenvalue weighted by Crippen LogP contribution is 2.30. The number of aromatic nitrogens is 2. The Labute approximate surface area is 127 Å². The van der Waals surface area contributed by atoms with E-state index in [1.807, 2.05) is 18.2 Å². The van der Waals surface area contributed by atoms with Crippen LogP contribution >= 0.6 is 0 Å². The Bertz CT molecular complexity index is 683. The van der Waals surface area contributed by atoms with Gasteiger partial charge in [-0.25, -0.2) is 4.63 Å². The Morgan fingerprint density at radius 2 is 2.32 bits per heavy atom. The van der Waals surface area contributed by atoms with Crippen LogP contribution in [0.3, 0.4) is 0 Å². The highest BCUT2D eigenvalue weighted by molar-refractivity contribution is 5.92. The van der Waals surface area contributed by atoms with E-state index in [-0.39, 0.29) is 17.5 Å². The molecule has 7 nitrogen and oxygen atoms in total. The third-order valence-corrected chi connectivity index (χ3v) is 3.68. The lowest BCUT2D eigenvalue weighted by molar-refractivity contribution is 0.0929. The average molecular weight is 303 g/mol. The summed E-state index contributed by atoms with van der Waals surface area (Å²) < 4.78 is 15.5. The van der Waals surface area contributed by atoms with Crippen molar-refractivity contribution in [3.63, 3.8) is 0 Å². The van der Waals surface area contributed by atoms with E-state index in [1.54, 1.807) is 14.0 Å². The van der Waals surface area contributed by atoms with Gasteiger partial charge in [0.25, 0.3) is 5.91 Å². The molecule has 1 aromatic carbocycles. The van der Waals surface area contributed by atoms with Crippen molar-refractivity contribution in [2.24, 2.45) is 5.92 Å². The van der Waals surface area contributed by atoms with Crippen LogP contribution in [0.25, 0.3) is 0 Å². The maximum atomic E-state index is 12.0. The second-order valence-electron chi connectivity index (χ2n) is 5.26. The van der Waals surface area contributed by atoms with Crippen LogP contribution in [0.2, 0.25) is 0 Å². The van der Waals surface area contributed by atoms with Gasteiger partial charge in [-0.3, -0.25) is 4.79 Å². The fourth-order valence-corrected chi connectivity index (χ4v) is 2.43. The number of carbonyl (C=O) groups excluding carboxylic acids is 1. The number of nitrogens with zero attached hydrogens (tertiary/aromatic N) is 2. The molecule has 0 saturated carbocycles. The number of methoxy groups -OCH3 is 1. The number of hydrogen-bond acceptors (Lipinski definition) is 6. The third-order valence-electron chi connectivity index (χ3n) is 3.68. The molecule has 2 aromatic rings. The first kappa shape index (κ1) is 14.4. The molecule has 1 aliphatic rings. The fraction of sp³-hybridized carbons (Fsp3) is 0.400. The van der Waals surface area contributed by atoms with Gasteiger partial charge in [-0.05, 0) is 30.1 Å². The molecule has 1 amide bonds. The summed E-state index contributed by atoms with van der Waals surface area (Å²) in [6.07, 6.45) is 0.843. The van der Waals surface area contributed by atoms with Gasteiger partial charge in [0.1, 0.15) is 17.2 Å². The number of ether oxygens (including phenoxy) is 2. The molecule has 0 aliphatic carbocycles. The van der Waals surface area contributed by atoms with Gasteiger partial charge in [-0.2, -0.15) is 0 Å². The van der Waals surface area contributed by atoms with Gasteiger partial charge in [-0.15, -0.1) is 0 Å². The van der Waals surface area contributed by atoms with E-state index in [9.17, 15) is 4.79 Å². The number of carbonyl (C=O) groups is 1. The second kappa shape index (κ2) is 6.05. The van der Waals surface area contributed by atoms with Crippen molar-refractivity contribution < 1.29 is 18.9 Å². The number of hydrogen-bond donors (Lipinski definition) is 1. The molecular weight excluding hydrogens is 286 g/mol. The largest absolute Gasteiger partial charge is 0.497 e. The molecular formula is C15H17N3O4. The molecule has 1 atom stereocenters. The Morgan fingerprint density at radius 3 is 3.05 bits per heavy atom. The molecule has 0 radical (unpaired) electrons. The minimum Gasteiger partial charge on any atom is -0.497 e. The number of rotatable bonds is 4. The van der Waals surface area contributed by atoms with Gasteiger partial charge in [0.2, 0.25) is 0 Å². The van der Waals surface area contributed by atoms with E-state index in [0.717, 1.165) is 23.5 Å². The third kappa shape index (κ3) is 2.88. The second-order valence-corrected chi connectivity index (χ2v) is 5.26. The number of amides is 1. The molecule has 0 bridgehead atoms. The van der Waals surface area contributed by atoms with Crippen LogP contribution in [-0.4, -0.2) is 36.5 Å². The highest BCUT2D eigenvalue weighted by Gasteiger charge is 2.22. The summed E-state index contributed by atoms with van der Waals surface area (Å²) in [7, 11) is 1.63. The predicted molar refractivity (Wildman–Crippen MR) is 77.1 cm³/mol. The van der Waals surface area contributed by atoms with E-state index in [0.29, 0.717) is 18.8 Å². The molecule has 0 unspecified atom stereocenters. The normalized spacial score (nSPS) is 16.5. The van der Waals surface area contributed by atoms with E-state index in [4.69, 9.17) is 9.47 Å². The van der Waals surface area contributed by atoms with Crippen LogP contribution < -0.4 is 14.8 Å². The Balaban J connectivity index is 1.59. The average Bonchev–Trinajstić information content (AvgIpc) is 2.98. The topological polar surface area (TPSA) is 86.5 Å². The predicted octanol–water partition coefficient (Wildman–Crippen LogP) is 1.37. The Morgan fingerprint density at radius 1 is 1.45 bits per heavy atom. The van der Waals surface area contributed by atoms with Crippen molar-refractivity contribution in [3.8, 4) is 11.5 Å². The number of benzene rings is 1. The maximum Gasteiger partial charge on any atom is 0.275 e. The van der Waals surface area contributed by atoms with Crippen molar-refractivity contribution in [2.75, 3.05) is 20.3 Å². The summed E-state index contributed by atoms with van der Waals surface area (Å²) in [5, 5.41) is 10.0. The highest BCUT2D eigenvalue weighted by atomic mass is 16.6. The van der Waals surface area contributed by atoms with Crippen molar-refractivity contribution in [3.05, 3.63) is 35.2 Å². The zero-order valence-corrected chi connectivity index (χ0v) is 12.5. The molecule has 1 aromatic heterocycles. The number of aryl methyl sites for hydroxylation is 1. The molecule has 0 fully saturated rings. The first-order valence-corrected chi connectivity index (χ1v) is 7.04. The maximum absolute atomic E-state index is 12.0. The van der Waals surface area contributed by atoms with Gasteiger partial charge >= 0.3 is 0 Å². The lowest BCUT2D eigenvalue weighted by Gasteiger charge is -2.25. The Hall–Kier alpha value is -2.57. The molecule has 22 heavy (non-hydrogen) atoms. The van der Waals surface area contributed by atoms with Gasteiger partial charge in [-0.1, -0.05) is 11.2 Å². The monoisotopic (exact) mass is 303 g/mol. The molecule has 1 aliphatic heterocycles. The van der Waals surface area contributed by atoms with E-state index < -0.39 is 0 Å². The van der Waals surface area contributed by atoms with Crippen molar-refractivity contribution in [1.29, 1.82) is 0 Å². The minimum atomic E-state index is -0.278. The van der Waals surface area contributed by atoms with Crippen LogP contribution in [0.5, 0.6) is 11.5 Å². The summed E-state index contributed by atoms with van der Waals surface area (Å²) in [5.41, 5.74) is 1.82. The summed E-state index contributed by atoms with van der Waals surface area (Å²) >= 11 is 0. The van der Waals surface area contributed by atoms with E-state index in [2.05, 4.69) is 20.3 Å². The van der Waals surface area contributed by atoms with Gasteiger partial charge in [0.05, 0.1) is 13.7 Å². The van der Waals surface area contributed by atoms with Crippen LogP contribution in [0.15, 0.2) is 22.8 Å². The Kier molecular flexibility index (Phi) is 3.95. The molecule has 0 spiro atoms. The first-order valence-electron chi connectivity index (χ1n) is 7.04. The standard InChI is InChI=1S/C15H17N3O4/c1-9-14(18-22-17-9)15(19)16-7-10-5-11-3-4-12(20-2)6-13(11)21-8-10/h3-4,6,10H,5,7-8H2,1-2H3,(H,16,19)/t10-/m1/s1. The van der Waals surface area contributed by atoms with Crippen LogP contribution in [-0.2, 0) is 6.42 Å². The smallest absolute Gasteiger partial charge is 0.275 e. The summed E-state index contributed by atoms with van der Waals surface area (Å²) in [5.74, 6) is 1.56. The summed E-state index contributed by atoms with van der Waals surface area (Å²) in [4.78, 5) is 12.0. The van der Waals surface area contributed by atoms with Crippen molar-refractivity contribution >= 4 is 5.91 Å². The van der Waals surface area contributed by atoms with Crippen LogP contribution in [0.1, 0.15) is 21.7 Å². The number of fused-ring (bicyclic) bond motifs is 1. The zero-order valence-electron chi connectivity index (χ0n) is 12.5.